The van der Waals surface area contributed by atoms with Gasteiger partial charge in [0.25, 0.3) is 5.56 Å². The second kappa shape index (κ2) is 8.59. The van der Waals surface area contributed by atoms with Crippen LogP contribution in [0.5, 0.6) is 5.75 Å². The smallest absolute Gasteiger partial charge is 0.272 e. The van der Waals surface area contributed by atoms with E-state index in [1.807, 2.05) is 6.07 Å². The van der Waals surface area contributed by atoms with Crippen LogP contribution in [0.25, 0.3) is 10.8 Å². The zero-order valence-electron chi connectivity index (χ0n) is 15.0. The number of halogens is 1. The number of fused-ring (bicyclic) bond motifs is 1. The summed E-state index contributed by atoms with van der Waals surface area (Å²) in [4.78, 5) is 11.8. The Hall–Kier alpha value is -2.62. The molecular formula is C18H19ClN4O4S. The highest BCUT2D eigenvalue weighted by Crippen LogP contribution is 2.26. The molecule has 0 unspecified atom stereocenters. The van der Waals surface area contributed by atoms with E-state index in [0.717, 1.165) is 0 Å². The maximum Gasteiger partial charge on any atom is 0.272 e. The predicted molar refractivity (Wildman–Crippen MR) is 109 cm³/mol. The summed E-state index contributed by atoms with van der Waals surface area (Å²) >= 11 is 5.90. The molecule has 10 heteroatoms. The molecule has 0 atom stereocenters. The second-order valence-corrected chi connectivity index (χ2v) is 8.09. The molecule has 3 aromatic rings. The lowest BCUT2D eigenvalue weighted by atomic mass is 10.2. The summed E-state index contributed by atoms with van der Waals surface area (Å²) in [6, 6.07) is 11.5. The van der Waals surface area contributed by atoms with E-state index in [2.05, 4.69) is 20.2 Å². The lowest BCUT2D eigenvalue weighted by Gasteiger charge is -2.12. The highest BCUT2D eigenvalue weighted by atomic mass is 35.5. The van der Waals surface area contributed by atoms with E-state index in [9.17, 15) is 13.2 Å². The van der Waals surface area contributed by atoms with Gasteiger partial charge in [-0.15, -0.1) is 0 Å². The monoisotopic (exact) mass is 422 g/mol. The highest BCUT2D eigenvalue weighted by molar-refractivity contribution is 7.89. The second-order valence-electron chi connectivity index (χ2n) is 5.92. The number of hydrogen-bond donors (Lipinski definition) is 3. The van der Waals surface area contributed by atoms with Crippen LogP contribution < -0.4 is 20.3 Å². The Kier molecular flexibility index (Phi) is 6.18. The topological polar surface area (TPSA) is 113 Å². The van der Waals surface area contributed by atoms with Crippen molar-refractivity contribution in [3.05, 3.63) is 57.8 Å². The van der Waals surface area contributed by atoms with Crippen LogP contribution in [0.3, 0.4) is 0 Å². The van der Waals surface area contributed by atoms with Crippen molar-refractivity contribution in [1.29, 1.82) is 0 Å². The normalized spacial score (nSPS) is 11.5. The molecular weight excluding hydrogens is 404 g/mol. The summed E-state index contributed by atoms with van der Waals surface area (Å²) in [5, 5.41) is 11.1. The molecule has 0 spiro atoms. The number of nitrogens with one attached hydrogen (secondary N) is 3. The molecule has 0 fully saturated rings. The fraction of sp³-hybridized carbons (Fsp3) is 0.222. The highest BCUT2D eigenvalue weighted by Gasteiger charge is 2.19. The summed E-state index contributed by atoms with van der Waals surface area (Å²) in [7, 11) is -2.36. The van der Waals surface area contributed by atoms with Crippen molar-refractivity contribution in [1.82, 2.24) is 14.9 Å². The third-order valence-corrected chi connectivity index (χ3v) is 5.77. The summed E-state index contributed by atoms with van der Waals surface area (Å²) in [5.74, 6) is 0.758. The number of hydrogen-bond acceptors (Lipinski definition) is 6. The van der Waals surface area contributed by atoms with Gasteiger partial charge >= 0.3 is 0 Å². The zero-order chi connectivity index (χ0) is 20.1. The maximum atomic E-state index is 12.5. The van der Waals surface area contributed by atoms with Crippen molar-refractivity contribution in [3.63, 3.8) is 0 Å². The van der Waals surface area contributed by atoms with Crippen LogP contribution in [-0.2, 0) is 10.0 Å². The first-order valence-electron chi connectivity index (χ1n) is 8.47. The van der Waals surface area contributed by atoms with Gasteiger partial charge in [0.05, 0.1) is 12.5 Å². The standard InChI is InChI=1S/C18H19ClN4O4S/c1-27-15-8-7-12(19)11-16(15)28(25,26)21-10-4-9-20-17-13-5-2-3-6-14(13)18(24)23-22-17/h2-3,5-8,11,21H,4,9-10H2,1H3,(H,20,22)(H,23,24). The number of nitrogens with zero attached hydrogens (tertiary/aromatic N) is 1. The Morgan fingerprint density at radius 2 is 1.89 bits per heavy atom. The van der Waals surface area contributed by atoms with Gasteiger partial charge < -0.3 is 10.1 Å². The van der Waals surface area contributed by atoms with Crippen LogP contribution in [0, 0.1) is 0 Å². The van der Waals surface area contributed by atoms with Crippen molar-refractivity contribution < 1.29 is 13.2 Å². The van der Waals surface area contributed by atoms with Crippen molar-refractivity contribution in [2.24, 2.45) is 0 Å². The van der Waals surface area contributed by atoms with Gasteiger partial charge in [-0.2, -0.15) is 5.10 Å². The zero-order valence-corrected chi connectivity index (χ0v) is 16.6. The molecule has 8 nitrogen and oxygen atoms in total. The largest absolute Gasteiger partial charge is 0.495 e. The first kappa shape index (κ1) is 20.1. The van der Waals surface area contributed by atoms with E-state index in [-0.39, 0.29) is 22.7 Å². The van der Waals surface area contributed by atoms with Gasteiger partial charge in [0.1, 0.15) is 10.6 Å². The number of benzene rings is 2. The van der Waals surface area contributed by atoms with E-state index < -0.39 is 10.0 Å². The third kappa shape index (κ3) is 4.44. The van der Waals surface area contributed by atoms with Crippen LogP contribution in [-0.4, -0.2) is 38.8 Å². The maximum absolute atomic E-state index is 12.5. The molecule has 2 aromatic carbocycles. The molecule has 0 aliphatic rings. The number of aromatic nitrogens is 2. The molecule has 0 aliphatic heterocycles. The Balaban J connectivity index is 1.60. The molecule has 0 bridgehead atoms. The number of anilines is 1. The minimum atomic E-state index is -3.76. The summed E-state index contributed by atoms with van der Waals surface area (Å²) in [6.45, 7) is 0.657. The van der Waals surface area contributed by atoms with Gasteiger partial charge in [-0.3, -0.25) is 4.79 Å². The molecule has 1 aromatic heterocycles. The minimum Gasteiger partial charge on any atom is -0.495 e. The van der Waals surface area contributed by atoms with Crippen LogP contribution in [0.2, 0.25) is 5.02 Å². The quantitative estimate of drug-likeness (QED) is 0.480. The van der Waals surface area contributed by atoms with Crippen LogP contribution in [0.1, 0.15) is 6.42 Å². The fourth-order valence-electron chi connectivity index (χ4n) is 2.69. The Morgan fingerprint density at radius 3 is 2.64 bits per heavy atom. The number of aromatic amines is 1. The van der Waals surface area contributed by atoms with E-state index in [1.54, 1.807) is 24.3 Å². The van der Waals surface area contributed by atoms with E-state index in [1.165, 1.54) is 19.2 Å². The van der Waals surface area contributed by atoms with Crippen molar-refractivity contribution in [3.8, 4) is 5.75 Å². The van der Waals surface area contributed by atoms with Gasteiger partial charge in [0.15, 0.2) is 5.82 Å². The van der Waals surface area contributed by atoms with Crippen molar-refractivity contribution >= 4 is 38.2 Å². The van der Waals surface area contributed by atoms with Gasteiger partial charge in [-0.05, 0) is 30.7 Å². The molecule has 0 radical (unpaired) electrons. The minimum absolute atomic E-state index is 0.0104. The third-order valence-electron chi connectivity index (χ3n) is 4.05. The van der Waals surface area contributed by atoms with E-state index >= 15 is 0 Å². The van der Waals surface area contributed by atoms with Gasteiger partial charge in [0, 0.05) is 23.5 Å². The van der Waals surface area contributed by atoms with E-state index in [4.69, 9.17) is 16.3 Å². The Morgan fingerprint density at radius 1 is 1.14 bits per heavy atom. The summed E-state index contributed by atoms with van der Waals surface area (Å²) in [6.07, 6.45) is 0.497. The average Bonchev–Trinajstić information content (AvgIpc) is 2.69. The molecule has 0 saturated heterocycles. The van der Waals surface area contributed by atoms with Gasteiger partial charge in [-0.1, -0.05) is 29.8 Å². The molecule has 1 heterocycles. The number of sulfonamides is 1. The lowest BCUT2D eigenvalue weighted by molar-refractivity contribution is 0.402. The first-order chi connectivity index (χ1) is 13.4. The molecule has 3 N–H and O–H groups in total. The van der Waals surface area contributed by atoms with Gasteiger partial charge in [-0.25, -0.2) is 18.2 Å². The van der Waals surface area contributed by atoms with Gasteiger partial charge in [0.2, 0.25) is 10.0 Å². The average molecular weight is 423 g/mol. The summed E-state index contributed by atoms with van der Waals surface area (Å²) < 4.78 is 32.6. The molecule has 28 heavy (non-hydrogen) atoms. The van der Waals surface area contributed by atoms with Crippen LogP contribution >= 0.6 is 11.6 Å². The predicted octanol–water partition coefficient (Wildman–Crippen LogP) is 2.37. The first-order valence-corrected chi connectivity index (χ1v) is 10.3. The van der Waals surface area contributed by atoms with E-state index in [0.29, 0.717) is 34.6 Å². The molecule has 0 amide bonds. The number of H-pyrrole nitrogens is 1. The van der Waals surface area contributed by atoms with Crippen LogP contribution in [0.15, 0.2) is 52.2 Å². The number of rotatable bonds is 8. The molecule has 0 aliphatic carbocycles. The SMILES string of the molecule is COc1ccc(Cl)cc1S(=O)(=O)NCCCNc1n[nH]c(=O)c2ccccc12. The summed E-state index contributed by atoms with van der Waals surface area (Å²) in [5.41, 5.74) is -0.260. The Labute approximate surface area is 166 Å². The molecule has 0 saturated carbocycles. The lowest BCUT2D eigenvalue weighted by Crippen LogP contribution is -2.26. The van der Waals surface area contributed by atoms with Crippen LogP contribution in [0.4, 0.5) is 5.82 Å². The molecule has 3 rings (SSSR count). The fourth-order valence-corrected chi connectivity index (χ4v) is 4.19. The van der Waals surface area contributed by atoms with Crippen molar-refractivity contribution in [2.75, 3.05) is 25.5 Å². The van der Waals surface area contributed by atoms with Crippen molar-refractivity contribution in [2.45, 2.75) is 11.3 Å². The Bertz CT molecular complexity index is 1150. The number of methoxy groups -OCH3 is 1. The molecule has 148 valence electrons. The number of ether oxygens (including phenoxy) is 1.